The quantitative estimate of drug-likeness (QED) is 0.0347. The Labute approximate surface area is 382 Å². The van der Waals surface area contributed by atoms with Gasteiger partial charge in [0, 0.05) is 19.4 Å². The molecule has 0 amide bonds. The van der Waals surface area contributed by atoms with Gasteiger partial charge in [0.25, 0.3) is 0 Å². The second-order valence-electron chi connectivity index (χ2n) is 15.9. The van der Waals surface area contributed by atoms with Gasteiger partial charge in [0.1, 0.15) is 6.61 Å². The molecule has 0 aliphatic carbocycles. The first-order valence-corrected chi connectivity index (χ1v) is 25.1. The van der Waals surface area contributed by atoms with Gasteiger partial charge in [0.15, 0.2) is 6.10 Å². The summed E-state index contributed by atoms with van der Waals surface area (Å²) < 4.78 is 17.3. The van der Waals surface area contributed by atoms with E-state index in [1.807, 2.05) is 0 Å². The topological polar surface area (TPSA) is 61.8 Å². The Hall–Kier alpha value is -3.70. The molecule has 0 aromatic heterocycles. The standard InChI is InChI=1S/C57H92O5/c1-4-7-10-13-16-19-22-25-27-28-29-31-34-37-40-43-46-49-52-60-53-55(62-57(59)51-48-45-42-39-36-32-24-21-18-15-12-9-6-3)54-61-56(58)50-47-44-41-38-35-33-30-26-23-20-17-14-11-8-5-2/h7-8,10-11,16-17,19-21,24-27,29-31,35,37-38,40,55H,4-6,9,12-15,18,22-23,28,32-34,36,39,41-54H2,1-3H3/b10-7-,11-8-,19-16-,20-17-,24-21-,27-25-,30-26-,31-29-,38-35-,40-37-. The molecular weight excluding hydrogens is 765 g/mol. The Morgan fingerprint density at radius 3 is 1.21 bits per heavy atom. The van der Waals surface area contributed by atoms with Gasteiger partial charge in [-0.05, 0) is 128 Å². The van der Waals surface area contributed by atoms with E-state index in [-0.39, 0.29) is 25.2 Å². The smallest absolute Gasteiger partial charge is 0.306 e. The first-order chi connectivity index (χ1) is 30.6. The van der Waals surface area contributed by atoms with E-state index in [2.05, 4.69) is 142 Å². The molecule has 1 unspecified atom stereocenters. The van der Waals surface area contributed by atoms with E-state index < -0.39 is 6.10 Å². The second kappa shape index (κ2) is 51.6. The van der Waals surface area contributed by atoms with Crippen molar-refractivity contribution in [1.82, 2.24) is 0 Å². The molecule has 0 bridgehead atoms. The molecule has 0 N–H and O–H groups in total. The van der Waals surface area contributed by atoms with E-state index in [0.717, 1.165) is 122 Å². The summed E-state index contributed by atoms with van der Waals surface area (Å²) in [6, 6.07) is 0. The molecule has 0 spiro atoms. The van der Waals surface area contributed by atoms with Crippen LogP contribution in [0.5, 0.6) is 0 Å². The zero-order chi connectivity index (χ0) is 44.9. The third-order valence-electron chi connectivity index (χ3n) is 9.96. The maximum atomic E-state index is 12.8. The lowest BCUT2D eigenvalue weighted by molar-refractivity contribution is -0.163. The average molecular weight is 857 g/mol. The van der Waals surface area contributed by atoms with Crippen LogP contribution in [-0.4, -0.2) is 37.9 Å². The van der Waals surface area contributed by atoms with Gasteiger partial charge in [-0.1, -0.05) is 181 Å². The van der Waals surface area contributed by atoms with Gasteiger partial charge in [-0.25, -0.2) is 0 Å². The predicted molar refractivity (Wildman–Crippen MR) is 269 cm³/mol. The summed E-state index contributed by atoms with van der Waals surface area (Å²) in [6.07, 6.45) is 72.1. The lowest BCUT2D eigenvalue weighted by Crippen LogP contribution is -2.30. The number of esters is 2. The Bertz CT molecular complexity index is 1290. The molecule has 0 aliphatic heterocycles. The molecule has 0 saturated carbocycles. The van der Waals surface area contributed by atoms with Gasteiger partial charge in [-0.3, -0.25) is 9.59 Å². The maximum Gasteiger partial charge on any atom is 0.306 e. The maximum absolute atomic E-state index is 12.8. The van der Waals surface area contributed by atoms with Gasteiger partial charge >= 0.3 is 11.9 Å². The summed E-state index contributed by atoms with van der Waals surface area (Å²) in [7, 11) is 0. The Morgan fingerprint density at radius 1 is 0.371 bits per heavy atom. The molecule has 1 atom stereocenters. The summed E-state index contributed by atoms with van der Waals surface area (Å²) in [5.74, 6) is -0.489. The highest BCUT2D eigenvalue weighted by Crippen LogP contribution is 2.11. The predicted octanol–water partition coefficient (Wildman–Crippen LogP) is 17.0. The fourth-order valence-electron chi connectivity index (χ4n) is 6.28. The Balaban J connectivity index is 4.45. The SMILES string of the molecule is CC/C=C\C/C=C\C/C=C\C/C=C\C/C=C\CCCCOCC(COC(=O)CCCC/C=C\C/C=C\C/C=C\C/C=C\CC)OC(=O)CCCCCCC/C=C\CCCCCC. The molecule has 0 fully saturated rings. The minimum Gasteiger partial charge on any atom is -0.462 e. The van der Waals surface area contributed by atoms with Crippen molar-refractivity contribution in [3.63, 3.8) is 0 Å². The van der Waals surface area contributed by atoms with E-state index in [9.17, 15) is 9.59 Å². The van der Waals surface area contributed by atoms with Crippen LogP contribution >= 0.6 is 0 Å². The van der Waals surface area contributed by atoms with Crippen molar-refractivity contribution in [2.24, 2.45) is 0 Å². The zero-order valence-corrected chi connectivity index (χ0v) is 40.1. The largest absolute Gasteiger partial charge is 0.462 e. The van der Waals surface area contributed by atoms with E-state index in [0.29, 0.717) is 19.4 Å². The van der Waals surface area contributed by atoms with Crippen molar-refractivity contribution in [1.29, 1.82) is 0 Å². The number of ether oxygens (including phenoxy) is 3. The molecule has 5 heteroatoms. The number of rotatable bonds is 44. The zero-order valence-electron chi connectivity index (χ0n) is 40.1. The van der Waals surface area contributed by atoms with Crippen LogP contribution in [0.15, 0.2) is 122 Å². The van der Waals surface area contributed by atoms with Crippen LogP contribution in [0.4, 0.5) is 0 Å². The molecule has 62 heavy (non-hydrogen) atoms. The van der Waals surface area contributed by atoms with Crippen LogP contribution in [0, 0.1) is 0 Å². The second-order valence-corrected chi connectivity index (χ2v) is 15.9. The van der Waals surface area contributed by atoms with Crippen LogP contribution < -0.4 is 0 Å². The number of unbranched alkanes of at least 4 members (excludes halogenated alkanes) is 13. The number of carbonyl (C=O) groups is 2. The monoisotopic (exact) mass is 857 g/mol. The Morgan fingerprint density at radius 2 is 0.726 bits per heavy atom. The molecule has 0 aromatic rings. The van der Waals surface area contributed by atoms with Gasteiger partial charge in [-0.15, -0.1) is 0 Å². The van der Waals surface area contributed by atoms with Crippen LogP contribution in [0.2, 0.25) is 0 Å². The number of hydrogen-bond donors (Lipinski definition) is 0. The van der Waals surface area contributed by atoms with Crippen LogP contribution in [0.1, 0.15) is 201 Å². The molecule has 0 saturated heterocycles. The summed E-state index contributed by atoms with van der Waals surface area (Å²) in [4.78, 5) is 25.3. The molecule has 0 heterocycles. The van der Waals surface area contributed by atoms with Crippen LogP contribution in [0.3, 0.4) is 0 Å². The van der Waals surface area contributed by atoms with Gasteiger partial charge in [0.05, 0.1) is 6.61 Å². The van der Waals surface area contributed by atoms with Crippen molar-refractivity contribution >= 4 is 11.9 Å². The van der Waals surface area contributed by atoms with Gasteiger partial charge in [-0.2, -0.15) is 0 Å². The van der Waals surface area contributed by atoms with Crippen molar-refractivity contribution in [2.75, 3.05) is 19.8 Å². The first-order valence-electron chi connectivity index (χ1n) is 25.1. The van der Waals surface area contributed by atoms with Gasteiger partial charge < -0.3 is 14.2 Å². The number of carbonyl (C=O) groups excluding carboxylic acids is 2. The third kappa shape index (κ3) is 49.0. The van der Waals surface area contributed by atoms with Crippen LogP contribution in [0.25, 0.3) is 0 Å². The molecule has 0 radical (unpaired) electrons. The normalized spacial score (nSPS) is 13.3. The van der Waals surface area contributed by atoms with Gasteiger partial charge in [0.2, 0.25) is 0 Å². The fourth-order valence-corrected chi connectivity index (χ4v) is 6.28. The highest BCUT2D eigenvalue weighted by atomic mass is 16.6. The van der Waals surface area contributed by atoms with E-state index in [1.165, 1.54) is 44.9 Å². The van der Waals surface area contributed by atoms with E-state index >= 15 is 0 Å². The number of hydrogen-bond acceptors (Lipinski definition) is 5. The van der Waals surface area contributed by atoms with Crippen molar-refractivity contribution < 1.29 is 23.8 Å². The van der Waals surface area contributed by atoms with Crippen molar-refractivity contribution in [3.8, 4) is 0 Å². The molecular formula is C57H92O5. The highest BCUT2D eigenvalue weighted by Gasteiger charge is 2.17. The lowest BCUT2D eigenvalue weighted by atomic mass is 10.1. The molecule has 0 aliphatic rings. The molecule has 0 rings (SSSR count). The fraction of sp³-hybridized carbons (Fsp3) is 0.614. The summed E-state index contributed by atoms with van der Waals surface area (Å²) >= 11 is 0. The molecule has 350 valence electrons. The van der Waals surface area contributed by atoms with Crippen molar-refractivity contribution in [3.05, 3.63) is 122 Å². The van der Waals surface area contributed by atoms with E-state index in [1.54, 1.807) is 0 Å². The minimum atomic E-state index is -0.587. The molecule has 5 nitrogen and oxygen atoms in total. The number of allylic oxidation sites excluding steroid dienone is 20. The summed E-state index contributed by atoms with van der Waals surface area (Å²) in [5.41, 5.74) is 0. The van der Waals surface area contributed by atoms with Crippen LogP contribution in [-0.2, 0) is 23.8 Å². The summed E-state index contributed by atoms with van der Waals surface area (Å²) in [5, 5.41) is 0. The highest BCUT2D eigenvalue weighted by molar-refractivity contribution is 5.70. The Kier molecular flexibility index (Phi) is 48.6. The van der Waals surface area contributed by atoms with E-state index in [4.69, 9.17) is 14.2 Å². The third-order valence-corrected chi connectivity index (χ3v) is 9.96. The first kappa shape index (κ1) is 58.3. The average Bonchev–Trinajstić information content (AvgIpc) is 3.27. The lowest BCUT2D eigenvalue weighted by Gasteiger charge is -2.18. The van der Waals surface area contributed by atoms with Crippen molar-refractivity contribution in [2.45, 2.75) is 207 Å². The minimum absolute atomic E-state index is 0.0353. The molecule has 0 aromatic carbocycles. The summed E-state index contributed by atoms with van der Waals surface area (Å²) in [6.45, 7) is 7.41.